The molecule has 7 nitrogen and oxygen atoms in total. The molecule has 0 aromatic heterocycles. The van der Waals surface area contributed by atoms with E-state index < -0.39 is 0 Å². The second-order valence-corrected chi connectivity index (χ2v) is 9.18. The van der Waals surface area contributed by atoms with E-state index in [2.05, 4.69) is 51.2 Å². The Morgan fingerprint density at radius 3 is 2.03 bits per heavy atom. The van der Waals surface area contributed by atoms with Gasteiger partial charge in [-0.05, 0) is 66.4 Å². The summed E-state index contributed by atoms with van der Waals surface area (Å²) in [6.07, 6.45) is 2.56. The molecular formula is C29H32N4O3. The lowest BCUT2D eigenvalue weighted by molar-refractivity contribution is -0.115. The fraction of sp³-hybridized carbons (Fsp3) is 0.276. The Morgan fingerprint density at radius 1 is 0.806 bits per heavy atom. The van der Waals surface area contributed by atoms with Crippen LogP contribution in [0.3, 0.4) is 0 Å². The number of hydrogen-bond donors (Lipinski definition) is 3. The zero-order chi connectivity index (χ0) is 25.5. The molecule has 1 heterocycles. The van der Waals surface area contributed by atoms with E-state index in [4.69, 9.17) is 0 Å². The molecule has 0 atom stereocenters. The van der Waals surface area contributed by atoms with Gasteiger partial charge >= 0.3 is 0 Å². The zero-order valence-electron chi connectivity index (χ0n) is 20.8. The SMILES string of the molecule is CC(=O)Nc1cc(NC(C)=O)cc(C(=O)NCc2ccccc2-c2ccc(CN3CCCC3)cc2)c1. The smallest absolute Gasteiger partial charge is 0.251 e. The number of anilines is 2. The number of nitrogens with one attached hydrogen (secondary N) is 3. The van der Waals surface area contributed by atoms with Crippen molar-refractivity contribution in [2.45, 2.75) is 39.8 Å². The molecule has 0 spiro atoms. The molecule has 3 amide bonds. The van der Waals surface area contributed by atoms with Crippen LogP contribution in [0.1, 0.15) is 48.2 Å². The average Bonchev–Trinajstić information content (AvgIpc) is 3.35. The Hall–Kier alpha value is -3.97. The maximum Gasteiger partial charge on any atom is 0.251 e. The van der Waals surface area contributed by atoms with Gasteiger partial charge < -0.3 is 16.0 Å². The first-order valence-electron chi connectivity index (χ1n) is 12.3. The number of carbonyl (C=O) groups is 3. The van der Waals surface area contributed by atoms with Crippen LogP contribution in [0.4, 0.5) is 11.4 Å². The van der Waals surface area contributed by atoms with E-state index in [1.807, 2.05) is 18.2 Å². The average molecular weight is 485 g/mol. The van der Waals surface area contributed by atoms with Crippen molar-refractivity contribution in [2.24, 2.45) is 0 Å². The highest BCUT2D eigenvalue weighted by Crippen LogP contribution is 2.25. The summed E-state index contributed by atoms with van der Waals surface area (Å²) in [5.74, 6) is -0.826. The van der Waals surface area contributed by atoms with Crippen LogP contribution in [0.5, 0.6) is 0 Å². The molecule has 4 rings (SSSR count). The van der Waals surface area contributed by atoms with Crippen LogP contribution in [-0.2, 0) is 22.7 Å². The van der Waals surface area contributed by atoms with Gasteiger partial charge in [-0.3, -0.25) is 19.3 Å². The maximum absolute atomic E-state index is 13.0. The Kier molecular flexibility index (Phi) is 8.13. The molecule has 1 aliphatic rings. The predicted molar refractivity (Wildman–Crippen MR) is 143 cm³/mol. The first-order chi connectivity index (χ1) is 17.4. The summed E-state index contributed by atoms with van der Waals surface area (Å²) in [5.41, 5.74) is 5.69. The highest BCUT2D eigenvalue weighted by atomic mass is 16.2. The van der Waals surface area contributed by atoms with Crippen molar-refractivity contribution in [3.05, 3.63) is 83.4 Å². The van der Waals surface area contributed by atoms with Gasteiger partial charge in [0.25, 0.3) is 5.91 Å². The van der Waals surface area contributed by atoms with Gasteiger partial charge in [-0.1, -0.05) is 48.5 Å². The van der Waals surface area contributed by atoms with Gasteiger partial charge in [0.05, 0.1) is 0 Å². The van der Waals surface area contributed by atoms with Gasteiger partial charge in [0.1, 0.15) is 0 Å². The molecule has 1 aliphatic heterocycles. The number of hydrogen-bond acceptors (Lipinski definition) is 4. The molecule has 1 saturated heterocycles. The van der Waals surface area contributed by atoms with Crippen LogP contribution in [0.15, 0.2) is 66.7 Å². The van der Waals surface area contributed by atoms with E-state index in [9.17, 15) is 14.4 Å². The predicted octanol–water partition coefficient (Wildman–Crippen LogP) is 4.80. The number of amides is 3. The lowest BCUT2D eigenvalue weighted by Crippen LogP contribution is -2.23. The van der Waals surface area contributed by atoms with Gasteiger partial charge in [0.15, 0.2) is 0 Å². The molecule has 3 N–H and O–H groups in total. The lowest BCUT2D eigenvalue weighted by Gasteiger charge is -2.16. The molecule has 0 saturated carbocycles. The maximum atomic E-state index is 13.0. The normalized spacial score (nSPS) is 13.3. The first-order valence-corrected chi connectivity index (χ1v) is 12.3. The van der Waals surface area contributed by atoms with Crippen molar-refractivity contribution in [1.29, 1.82) is 0 Å². The van der Waals surface area contributed by atoms with Crippen molar-refractivity contribution in [2.75, 3.05) is 23.7 Å². The summed E-state index contributed by atoms with van der Waals surface area (Å²) in [6.45, 7) is 6.44. The molecule has 0 radical (unpaired) electrons. The third kappa shape index (κ3) is 6.79. The second-order valence-electron chi connectivity index (χ2n) is 9.18. The molecule has 3 aromatic carbocycles. The lowest BCUT2D eigenvalue weighted by atomic mass is 9.98. The van der Waals surface area contributed by atoms with Gasteiger partial charge in [-0.25, -0.2) is 0 Å². The standard InChI is InChI=1S/C29H32N4O3/c1-20(34)31-26-15-25(16-27(17-26)32-21(2)35)29(36)30-18-24-7-3-4-8-28(24)23-11-9-22(10-12-23)19-33-13-5-6-14-33/h3-4,7-12,15-17H,5-6,13-14,18-19H2,1-2H3,(H,30,36)(H,31,34)(H,32,35). The Bertz CT molecular complexity index is 1210. The number of rotatable bonds is 8. The Labute approximate surface area is 211 Å². The number of nitrogens with zero attached hydrogens (tertiary/aromatic N) is 1. The zero-order valence-corrected chi connectivity index (χ0v) is 20.8. The third-order valence-corrected chi connectivity index (χ3v) is 6.16. The fourth-order valence-electron chi connectivity index (χ4n) is 4.53. The van der Waals surface area contributed by atoms with E-state index in [1.165, 1.54) is 45.3 Å². The second kappa shape index (κ2) is 11.6. The summed E-state index contributed by atoms with van der Waals surface area (Å²) < 4.78 is 0. The van der Waals surface area contributed by atoms with Crippen molar-refractivity contribution in [1.82, 2.24) is 10.2 Å². The first kappa shape index (κ1) is 25.1. The van der Waals surface area contributed by atoms with Crippen molar-refractivity contribution in [3.8, 4) is 11.1 Å². The van der Waals surface area contributed by atoms with Crippen LogP contribution < -0.4 is 16.0 Å². The van der Waals surface area contributed by atoms with Crippen LogP contribution in [0.2, 0.25) is 0 Å². The number of benzene rings is 3. The van der Waals surface area contributed by atoms with E-state index >= 15 is 0 Å². The highest BCUT2D eigenvalue weighted by molar-refractivity contribution is 6.00. The van der Waals surface area contributed by atoms with Crippen molar-refractivity contribution in [3.63, 3.8) is 0 Å². The van der Waals surface area contributed by atoms with E-state index in [0.717, 1.165) is 23.2 Å². The summed E-state index contributed by atoms with van der Waals surface area (Å²) in [6, 6.07) is 21.5. The third-order valence-electron chi connectivity index (χ3n) is 6.16. The molecular weight excluding hydrogens is 452 g/mol. The number of carbonyl (C=O) groups excluding carboxylic acids is 3. The Balaban J connectivity index is 1.48. The van der Waals surface area contributed by atoms with Crippen LogP contribution in [-0.4, -0.2) is 35.7 Å². The molecule has 7 heteroatoms. The van der Waals surface area contributed by atoms with Crippen molar-refractivity contribution >= 4 is 29.1 Å². The molecule has 36 heavy (non-hydrogen) atoms. The van der Waals surface area contributed by atoms with Gasteiger partial charge in [0, 0.05) is 43.9 Å². The monoisotopic (exact) mass is 484 g/mol. The fourth-order valence-corrected chi connectivity index (χ4v) is 4.53. The minimum absolute atomic E-state index is 0.262. The van der Waals surface area contributed by atoms with Crippen molar-refractivity contribution < 1.29 is 14.4 Å². The van der Waals surface area contributed by atoms with Crippen LogP contribution >= 0.6 is 0 Å². The minimum Gasteiger partial charge on any atom is -0.348 e. The van der Waals surface area contributed by atoms with Gasteiger partial charge in [0.2, 0.25) is 11.8 Å². The largest absolute Gasteiger partial charge is 0.348 e. The molecule has 1 fully saturated rings. The Morgan fingerprint density at radius 2 is 1.42 bits per heavy atom. The van der Waals surface area contributed by atoms with E-state index in [-0.39, 0.29) is 17.7 Å². The van der Waals surface area contributed by atoms with Crippen LogP contribution in [0, 0.1) is 0 Å². The summed E-state index contributed by atoms with van der Waals surface area (Å²) >= 11 is 0. The topological polar surface area (TPSA) is 90.5 Å². The van der Waals surface area contributed by atoms with Gasteiger partial charge in [-0.15, -0.1) is 0 Å². The van der Waals surface area contributed by atoms with E-state index in [1.54, 1.807) is 18.2 Å². The van der Waals surface area contributed by atoms with Crippen LogP contribution in [0.25, 0.3) is 11.1 Å². The summed E-state index contributed by atoms with van der Waals surface area (Å²) in [4.78, 5) is 38.5. The minimum atomic E-state index is -0.301. The quantitative estimate of drug-likeness (QED) is 0.429. The molecule has 186 valence electrons. The highest BCUT2D eigenvalue weighted by Gasteiger charge is 2.14. The molecule has 0 bridgehead atoms. The molecule has 3 aromatic rings. The molecule has 0 unspecified atom stereocenters. The summed E-state index contributed by atoms with van der Waals surface area (Å²) in [7, 11) is 0. The van der Waals surface area contributed by atoms with Gasteiger partial charge in [-0.2, -0.15) is 0 Å². The molecule has 0 aliphatic carbocycles. The van der Waals surface area contributed by atoms with E-state index in [0.29, 0.717) is 23.5 Å². The number of likely N-dealkylation sites (tertiary alicyclic amines) is 1. The summed E-state index contributed by atoms with van der Waals surface area (Å²) in [5, 5.41) is 8.32.